The molecular formula is C13H19BrN2O4S. The normalized spacial score (nSPS) is 11.3. The highest BCUT2D eigenvalue weighted by Gasteiger charge is 2.12. The minimum Gasteiger partial charge on any atom is -0.383 e. The van der Waals surface area contributed by atoms with Gasteiger partial charge in [0, 0.05) is 32.0 Å². The Morgan fingerprint density at radius 3 is 2.52 bits per heavy atom. The predicted octanol–water partition coefficient (Wildman–Crippen LogP) is 1.01. The first-order chi connectivity index (χ1) is 9.99. The van der Waals surface area contributed by atoms with Gasteiger partial charge >= 0.3 is 0 Å². The fourth-order valence-corrected chi connectivity index (χ4v) is 2.90. The molecule has 0 spiro atoms. The summed E-state index contributed by atoms with van der Waals surface area (Å²) in [6.45, 7) is 0.920. The number of rotatable bonds is 9. The van der Waals surface area contributed by atoms with Gasteiger partial charge < -0.3 is 10.1 Å². The molecule has 0 aliphatic rings. The van der Waals surface area contributed by atoms with Crippen LogP contribution < -0.4 is 10.0 Å². The molecule has 0 aromatic heterocycles. The van der Waals surface area contributed by atoms with Crippen molar-refractivity contribution in [3.05, 3.63) is 29.8 Å². The first kappa shape index (κ1) is 18.1. The Morgan fingerprint density at radius 2 is 1.95 bits per heavy atom. The van der Waals surface area contributed by atoms with Crippen molar-refractivity contribution >= 4 is 31.9 Å². The Balaban J connectivity index is 2.59. The van der Waals surface area contributed by atoms with E-state index in [0.29, 0.717) is 24.9 Å². The van der Waals surface area contributed by atoms with E-state index >= 15 is 0 Å². The molecule has 0 fully saturated rings. The van der Waals surface area contributed by atoms with E-state index in [-0.39, 0.29) is 17.3 Å². The molecule has 8 heteroatoms. The van der Waals surface area contributed by atoms with Crippen LogP contribution in [0.25, 0.3) is 0 Å². The standard InChI is InChI=1S/C13H19BrN2O4S/c1-20-9-8-16-21(18,19)12-4-2-11(3-5-12)10-15-13(17)6-7-14/h2-5,16H,6-10H2,1H3,(H,15,17). The third-order valence-electron chi connectivity index (χ3n) is 2.64. The Bertz CT molecular complexity index is 546. The fraction of sp³-hybridized carbons (Fsp3) is 0.462. The molecule has 2 N–H and O–H groups in total. The van der Waals surface area contributed by atoms with Gasteiger partial charge in [0.25, 0.3) is 0 Å². The number of carbonyl (C=O) groups excluding carboxylic acids is 1. The number of nitrogens with one attached hydrogen (secondary N) is 2. The van der Waals surface area contributed by atoms with E-state index < -0.39 is 10.0 Å². The van der Waals surface area contributed by atoms with Gasteiger partial charge in [0.2, 0.25) is 15.9 Å². The van der Waals surface area contributed by atoms with E-state index in [1.165, 1.54) is 19.2 Å². The lowest BCUT2D eigenvalue weighted by Gasteiger charge is -2.08. The average Bonchev–Trinajstić information content (AvgIpc) is 2.46. The van der Waals surface area contributed by atoms with Gasteiger partial charge in [-0.25, -0.2) is 13.1 Å². The molecule has 1 aromatic carbocycles. The van der Waals surface area contributed by atoms with Crippen LogP contribution in [0.5, 0.6) is 0 Å². The van der Waals surface area contributed by atoms with Gasteiger partial charge in [-0.2, -0.15) is 0 Å². The van der Waals surface area contributed by atoms with Crippen molar-refractivity contribution in [1.29, 1.82) is 0 Å². The molecule has 0 radical (unpaired) electrons. The number of halogens is 1. The summed E-state index contributed by atoms with van der Waals surface area (Å²) in [5.74, 6) is -0.0511. The topological polar surface area (TPSA) is 84.5 Å². The van der Waals surface area contributed by atoms with Crippen molar-refractivity contribution in [3.8, 4) is 0 Å². The number of sulfonamides is 1. The molecule has 21 heavy (non-hydrogen) atoms. The lowest BCUT2D eigenvalue weighted by Crippen LogP contribution is -2.27. The van der Waals surface area contributed by atoms with E-state index in [1.54, 1.807) is 12.1 Å². The average molecular weight is 379 g/mol. The summed E-state index contributed by atoms with van der Waals surface area (Å²) < 4.78 is 31.1. The predicted molar refractivity (Wildman–Crippen MR) is 83.8 cm³/mol. The van der Waals surface area contributed by atoms with Gasteiger partial charge in [-0.1, -0.05) is 28.1 Å². The second-order valence-electron chi connectivity index (χ2n) is 4.25. The second-order valence-corrected chi connectivity index (χ2v) is 6.81. The molecule has 0 bridgehead atoms. The van der Waals surface area contributed by atoms with Gasteiger partial charge in [0.1, 0.15) is 0 Å². The number of hydrogen-bond acceptors (Lipinski definition) is 4. The Labute approximate surface area is 133 Å². The summed E-state index contributed by atoms with van der Waals surface area (Å²) in [5, 5.41) is 3.36. The molecule has 0 heterocycles. The van der Waals surface area contributed by atoms with Crippen LogP contribution in [0.1, 0.15) is 12.0 Å². The zero-order valence-corrected chi connectivity index (χ0v) is 14.2. The van der Waals surface area contributed by atoms with Crippen molar-refractivity contribution in [3.63, 3.8) is 0 Å². The van der Waals surface area contributed by atoms with Crippen molar-refractivity contribution in [2.24, 2.45) is 0 Å². The smallest absolute Gasteiger partial charge is 0.240 e. The molecule has 6 nitrogen and oxygen atoms in total. The lowest BCUT2D eigenvalue weighted by atomic mass is 10.2. The first-order valence-corrected chi connectivity index (χ1v) is 9.00. The molecular weight excluding hydrogens is 360 g/mol. The second kappa shape index (κ2) is 9.14. The van der Waals surface area contributed by atoms with E-state index in [2.05, 4.69) is 26.0 Å². The van der Waals surface area contributed by atoms with Crippen LogP contribution in [0.2, 0.25) is 0 Å². The minimum atomic E-state index is -3.51. The Kier molecular flexibility index (Phi) is 7.87. The third-order valence-corrected chi connectivity index (χ3v) is 4.52. The highest BCUT2D eigenvalue weighted by atomic mass is 79.9. The maximum absolute atomic E-state index is 11.9. The van der Waals surface area contributed by atoms with Crippen molar-refractivity contribution in [1.82, 2.24) is 10.0 Å². The van der Waals surface area contributed by atoms with Crippen LogP contribution in [0.3, 0.4) is 0 Å². The Morgan fingerprint density at radius 1 is 1.29 bits per heavy atom. The zero-order chi connectivity index (χ0) is 15.7. The van der Waals surface area contributed by atoms with Gasteiger partial charge in [0.05, 0.1) is 11.5 Å². The highest BCUT2D eigenvalue weighted by molar-refractivity contribution is 9.09. The van der Waals surface area contributed by atoms with Gasteiger partial charge in [-0.3, -0.25) is 4.79 Å². The SMILES string of the molecule is COCCNS(=O)(=O)c1ccc(CNC(=O)CCBr)cc1. The van der Waals surface area contributed by atoms with Crippen LogP contribution in [-0.2, 0) is 26.1 Å². The highest BCUT2D eigenvalue weighted by Crippen LogP contribution is 2.10. The monoisotopic (exact) mass is 378 g/mol. The quantitative estimate of drug-likeness (QED) is 0.496. The number of ether oxygens (including phenoxy) is 1. The number of methoxy groups -OCH3 is 1. The Hall–Kier alpha value is -0.960. The number of amides is 1. The summed E-state index contributed by atoms with van der Waals surface area (Å²) in [5.41, 5.74) is 0.841. The lowest BCUT2D eigenvalue weighted by molar-refractivity contribution is -0.120. The molecule has 0 unspecified atom stereocenters. The number of hydrogen-bond donors (Lipinski definition) is 2. The minimum absolute atomic E-state index is 0.0511. The van der Waals surface area contributed by atoms with Crippen LogP contribution in [0, 0.1) is 0 Å². The molecule has 0 aliphatic carbocycles. The molecule has 0 saturated heterocycles. The van der Waals surface area contributed by atoms with Crippen LogP contribution in [0.15, 0.2) is 29.2 Å². The summed E-state index contributed by atoms with van der Waals surface area (Å²) in [7, 11) is -2.01. The van der Waals surface area contributed by atoms with Crippen molar-refractivity contribution in [2.75, 3.05) is 25.6 Å². The number of alkyl halides is 1. The molecule has 118 valence electrons. The van der Waals surface area contributed by atoms with E-state index in [1.807, 2.05) is 0 Å². The molecule has 0 atom stereocenters. The summed E-state index contributed by atoms with van der Waals surface area (Å²) in [6.07, 6.45) is 0.413. The zero-order valence-electron chi connectivity index (χ0n) is 11.8. The maximum atomic E-state index is 11.9. The van der Waals surface area contributed by atoms with Crippen molar-refractivity contribution in [2.45, 2.75) is 17.9 Å². The number of benzene rings is 1. The van der Waals surface area contributed by atoms with Crippen LogP contribution >= 0.6 is 15.9 Å². The third kappa shape index (κ3) is 6.56. The number of carbonyl (C=O) groups is 1. The molecule has 0 saturated carbocycles. The molecule has 1 aromatic rings. The summed E-state index contributed by atoms with van der Waals surface area (Å²) in [4.78, 5) is 11.5. The molecule has 0 aliphatic heterocycles. The van der Waals surface area contributed by atoms with Crippen LogP contribution in [0.4, 0.5) is 0 Å². The van der Waals surface area contributed by atoms with Crippen molar-refractivity contribution < 1.29 is 17.9 Å². The fourth-order valence-electron chi connectivity index (χ4n) is 1.52. The summed E-state index contributed by atoms with van der Waals surface area (Å²) >= 11 is 3.19. The summed E-state index contributed by atoms with van der Waals surface area (Å²) in [6, 6.07) is 6.39. The van der Waals surface area contributed by atoms with Crippen LogP contribution in [-0.4, -0.2) is 39.9 Å². The van der Waals surface area contributed by atoms with E-state index in [9.17, 15) is 13.2 Å². The van der Waals surface area contributed by atoms with Gasteiger partial charge in [0.15, 0.2) is 0 Å². The van der Waals surface area contributed by atoms with E-state index in [4.69, 9.17) is 4.74 Å². The van der Waals surface area contributed by atoms with Gasteiger partial charge in [-0.15, -0.1) is 0 Å². The van der Waals surface area contributed by atoms with E-state index in [0.717, 1.165) is 5.56 Å². The maximum Gasteiger partial charge on any atom is 0.240 e. The first-order valence-electron chi connectivity index (χ1n) is 6.40. The molecule has 1 rings (SSSR count). The molecule has 1 amide bonds. The largest absolute Gasteiger partial charge is 0.383 e. The van der Waals surface area contributed by atoms with Gasteiger partial charge in [-0.05, 0) is 17.7 Å².